The van der Waals surface area contributed by atoms with Gasteiger partial charge in [-0.1, -0.05) is 36.4 Å². The van der Waals surface area contributed by atoms with Gasteiger partial charge in [0.1, 0.15) is 11.6 Å². The third kappa shape index (κ3) is 2.66. The number of fused-ring (bicyclic) bond motifs is 4. The fourth-order valence-corrected chi connectivity index (χ4v) is 4.66. The standard InChI is InChI=1S/C24H21N3O4/c1-4-31-14-11-9-13(10-12-14)17-18-20(15-7-5-6-8-16(15)21(18)28)25-22-19(17)23(29)27(3)24(30)26(22)2/h5-12,17-18H,4H2,1-3H3/t17-,18+/m1/s1. The highest BCUT2D eigenvalue weighted by molar-refractivity contribution is 6.30. The average Bonchev–Trinajstić information content (AvgIpc) is 3.08. The number of carbonyl (C=O) groups excluding carboxylic acids is 1. The third-order valence-electron chi connectivity index (χ3n) is 6.13. The van der Waals surface area contributed by atoms with Crippen LogP contribution in [0.4, 0.5) is 5.82 Å². The number of ether oxygens (including phenoxy) is 1. The molecule has 156 valence electrons. The largest absolute Gasteiger partial charge is 0.494 e. The van der Waals surface area contributed by atoms with Gasteiger partial charge in [0.15, 0.2) is 5.78 Å². The van der Waals surface area contributed by atoms with Gasteiger partial charge < -0.3 is 4.74 Å². The van der Waals surface area contributed by atoms with E-state index in [2.05, 4.69) is 0 Å². The molecule has 1 aromatic heterocycles. The summed E-state index contributed by atoms with van der Waals surface area (Å²) in [6, 6.07) is 14.8. The molecule has 0 radical (unpaired) electrons. The minimum absolute atomic E-state index is 0.0604. The predicted molar refractivity (Wildman–Crippen MR) is 117 cm³/mol. The van der Waals surface area contributed by atoms with Gasteiger partial charge in [0.25, 0.3) is 5.56 Å². The highest BCUT2D eigenvalue weighted by Crippen LogP contribution is 2.46. The molecule has 2 atom stereocenters. The summed E-state index contributed by atoms with van der Waals surface area (Å²) in [6.07, 6.45) is 0. The zero-order valence-electron chi connectivity index (χ0n) is 17.5. The van der Waals surface area contributed by atoms with Gasteiger partial charge in [-0.25, -0.2) is 9.79 Å². The Labute approximate surface area is 178 Å². The summed E-state index contributed by atoms with van der Waals surface area (Å²) in [5, 5.41) is 0. The van der Waals surface area contributed by atoms with E-state index >= 15 is 0 Å². The Morgan fingerprint density at radius 2 is 1.58 bits per heavy atom. The van der Waals surface area contributed by atoms with Crippen LogP contribution in [-0.4, -0.2) is 27.2 Å². The van der Waals surface area contributed by atoms with Crippen molar-refractivity contribution in [2.75, 3.05) is 6.61 Å². The Kier molecular flexibility index (Phi) is 4.28. The molecule has 0 saturated carbocycles. The first kappa shape index (κ1) is 19.2. The van der Waals surface area contributed by atoms with Crippen LogP contribution in [0, 0.1) is 5.92 Å². The number of rotatable bonds is 3. The van der Waals surface area contributed by atoms with Crippen LogP contribution in [0.5, 0.6) is 5.75 Å². The maximum atomic E-state index is 13.5. The summed E-state index contributed by atoms with van der Waals surface area (Å²) in [7, 11) is 3.05. The van der Waals surface area contributed by atoms with Crippen molar-refractivity contribution in [1.29, 1.82) is 0 Å². The van der Waals surface area contributed by atoms with Crippen molar-refractivity contribution >= 4 is 17.3 Å². The minimum atomic E-state index is -0.618. The van der Waals surface area contributed by atoms with Crippen molar-refractivity contribution < 1.29 is 9.53 Å². The topological polar surface area (TPSA) is 82.7 Å². The normalized spacial score (nSPS) is 18.8. The van der Waals surface area contributed by atoms with Crippen molar-refractivity contribution in [3.05, 3.63) is 91.6 Å². The Morgan fingerprint density at radius 1 is 0.903 bits per heavy atom. The summed E-state index contributed by atoms with van der Waals surface area (Å²) in [6.45, 7) is 2.45. The van der Waals surface area contributed by atoms with Crippen LogP contribution in [0.1, 0.15) is 39.9 Å². The van der Waals surface area contributed by atoms with Gasteiger partial charge in [0.2, 0.25) is 0 Å². The smallest absolute Gasteiger partial charge is 0.332 e. The molecule has 2 heterocycles. The van der Waals surface area contributed by atoms with Gasteiger partial charge in [0, 0.05) is 31.1 Å². The van der Waals surface area contributed by atoms with E-state index in [1.807, 2.05) is 49.4 Å². The lowest BCUT2D eigenvalue weighted by atomic mass is 9.76. The van der Waals surface area contributed by atoms with Crippen LogP contribution in [-0.2, 0) is 14.1 Å². The van der Waals surface area contributed by atoms with Crippen LogP contribution in [0.15, 0.2) is 63.1 Å². The predicted octanol–water partition coefficient (Wildman–Crippen LogP) is 2.56. The van der Waals surface area contributed by atoms with E-state index < -0.39 is 23.1 Å². The molecule has 0 amide bonds. The second-order valence-corrected chi connectivity index (χ2v) is 7.81. The molecule has 0 bridgehead atoms. The summed E-state index contributed by atoms with van der Waals surface area (Å²) in [5.41, 5.74) is 2.25. The molecule has 7 nitrogen and oxygen atoms in total. The molecule has 2 aliphatic rings. The maximum Gasteiger partial charge on any atom is 0.332 e. The number of hydrogen-bond acceptors (Lipinski definition) is 5. The molecule has 0 unspecified atom stereocenters. The van der Waals surface area contributed by atoms with E-state index in [0.29, 0.717) is 35.0 Å². The molecule has 1 aliphatic carbocycles. The highest BCUT2D eigenvalue weighted by Gasteiger charge is 2.47. The van der Waals surface area contributed by atoms with Crippen molar-refractivity contribution in [2.45, 2.75) is 12.8 Å². The van der Waals surface area contributed by atoms with Gasteiger partial charge in [-0.15, -0.1) is 0 Å². The second-order valence-electron chi connectivity index (χ2n) is 7.81. The van der Waals surface area contributed by atoms with Crippen molar-refractivity contribution in [1.82, 2.24) is 9.13 Å². The van der Waals surface area contributed by atoms with E-state index in [4.69, 9.17) is 9.73 Å². The first-order valence-electron chi connectivity index (χ1n) is 10.2. The lowest BCUT2D eigenvalue weighted by Gasteiger charge is -2.30. The van der Waals surface area contributed by atoms with Gasteiger partial charge in [-0.05, 0) is 24.6 Å². The van der Waals surface area contributed by atoms with Crippen LogP contribution in [0.25, 0.3) is 0 Å². The van der Waals surface area contributed by atoms with E-state index in [0.717, 1.165) is 15.7 Å². The zero-order chi connectivity index (χ0) is 21.9. The fraction of sp³-hybridized carbons (Fsp3) is 0.250. The quantitative estimate of drug-likeness (QED) is 0.658. The molecule has 0 fully saturated rings. The Morgan fingerprint density at radius 3 is 2.26 bits per heavy atom. The van der Waals surface area contributed by atoms with E-state index in [9.17, 15) is 14.4 Å². The van der Waals surface area contributed by atoms with Crippen LogP contribution < -0.4 is 16.0 Å². The number of benzene rings is 2. The summed E-state index contributed by atoms with van der Waals surface area (Å²) in [5.74, 6) is -0.209. The van der Waals surface area contributed by atoms with Gasteiger partial charge in [-0.2, -0.15) is 0 Å². The maximum absolute atomic E-state index is 13.5. The second kappa shape index (κ2) is 6.91. The summed E-state index contributed by atoms with van der Waals surface area (Å²) in [4.78, 5) is 44.0. The molecule has 2 aromatic carbocycles. The SMILES string of the molecule is CCOc1ccc([C@H]2c3c(n(C)c(=O)n(C)c3=O)N=C3c4ccccc4C(=O)[C@H]32)cc1. The first-order chi connectivity index (χ1) is 14.9. The lowest BCUT2D eigenvalue weighted by molar-refractivity contribution is 0.0953. The van der Waals surface area contributed by atoms with Crippen LogP contribution in [0.2, 0.25) is 0 Å². The van der Waals surface area contributed by atoms with Crippen molar-refractivity contribution in [3.8, 4) is 5.75 Å². The lowest BCUT2D eigenvalue weighted by Crippen LogP contribution is -2.43. The van der Waals surface area contributed by atoms with Gasteiger partial charge in [-0.3, -0.25) is 18.7 Å². The molecule has 3 aromatic rings. The zero-order valence-corrected chi connectivity index (χ0v) is 17.5. The number of carbonyl (C=O) groups is 1. The number of aromatic nitrogens is 2. The molecule has 7 heteroatoms. The number of hydrogen-bond donors (Lipinski definition) is 0. The summed E-state index contributed by atoms with van der Waals surface area (Å²) >= 11 is 0. The van der Waals surface area contributed by atoms with Crippen LogP contribution in [0.3, 0.4) is 0 Å². The Bertz CT molecular complexity index is 1380. The number of nitrogens with zero attached hydrogens (tertiary/aromatic N) is 3. The molecular formula is C24H21N3O4. The fourth-order valence-electron chi connectivity index (χ4n) is 4.66. The molecule has 31 heavy (non-hydrogen) atoms. The average molecular weight is 415 g/mol. The molecule has 0 spiro atoms. The van der Waals surface area contributed by atoms with Crippen molar-refractivity contribution in [2.24, 2.45) is 25.0 Å². The molecular weight excluding hydrogens is 394 g/mol. The number of Topliss-reactive ketones (excluding diaryl/α,β-unsaturated/α-hetero) is 1. The monoisotopic (exact) mass is 415 g/mol. The molecule has 5 rings (SSSR count). The minimum Gasteiger partial charge on any atom is -0.494 e. The molecule has 1 aliphatic heterocycles. The molecule has 0 saturated heterocycles. The van der Waals surface area contributed by atoms with Gasteiger partial charge in [0.05, 0.1) is 23.8 Å². The number of ketones is 1. The van der Waals surface area contributed by atoms with E-state index in [-0.39, 0.29) is 5.78 Å². The van der Waals surface area contributed by atoms with Crippen LogP contribution >= 0.6 is 0 Å². The van der Waals surface area contributed by atoms with E-state index in [1.165, 1.54) is 11.6 Å². The van der Waals surface area contributed by atoms with E-state index in [1.54, 1.807) is 13.1 Å². The van der Waals surface area contributed by atoms with Gasteiger partial charge >= 0.3 is 5.69 Å². The van der Waals surface area contributed by atoms with Crippen molar-refractivity contribution in [3.63, 3.8) is 0 Å². The number of aliphatic imine (C=N–C) groups is 1. The first-order valence-corrected chi connectivity index (χ1v) is 10.2. The highest BCUT2D eigenvalue weighted by atomic mass is 16.5. The third-order valence-corrected chi connectivity index (χ3v) is 6.13. The summed E-state index contributed by atoms with van der Waals surface area (Å²) < 4.78 is 8.01. The molecule has 0 N–H and O–H groups in total. The Hall–Kier alpha value is -3.74. The Balaban J connectivity index is 1.82.